The maximum absolute atomic E-state index is 12.2. The third-order valence-corrected chi connectivity index (χ3v) is 8.55. The van der Waals surface area contributed by atoms with Gasteiger partial charge in [0.15, 0.2) is 15.8 Å². The van der Waals surface area contributed by atoms with E-state index in [1.54, 1.807) is 17.5 Å². The van der Waals surface area contributed by atoms with Gasteiger partial charge < -0.3 is 15.3 Å². The van der Waals surface area contributed by atoms with Crippen LogP contribution < -0.4 is 5.32 Å². The van der Waals surface area contributed by atoms with Gasteiger partial charge in [0.2, 0.25) is 0 Å². The largest absolute Gasteiger partial charge is 0.390 e. The van der Waals surface area contributed by atoms with Crippen molar-refractivity contribution in [3.05, 3.63) is 17.5 Å². The highest BCUT2D eigenvalue weighted by molar-refractivity contribution is 8.00. The van der Waals surface area contributed by atoms with Crippen LogP contribution in [0.5, 0.6) is 0 Å². The zero-order chi connectivity index (χ0) is 18.3. The standard InChI is InChI=1S/C16H27N3O3S3/c1-3-14-11-19(7-9-23-14)16(17-4-2)18-10-13(20)12-25(21,22)15-6-5-8-24-15/h5-6,8,13-14,20H,3-4,7,9-12H2,1-2H3,(H,17,18). The molecule has 0 bridgehead atoms. The molecule has 2 N–H and O–H groups in total. The lowest BCUT2D eigenvalue weighted by Crippen LogP contribution is -2.48. The Bertz CT molecular complexity index is 647. The summed E-state index contributed by atoms with van der Waals surface area (Å²) in [5.41, 5.74) is 0. The highest BCUT2D eigenvalue weighted by Crippen LogP contribution is 2.21. The van der Waals surface area contributed by atoms with Gasteiger partial charge in [0.1, 0.15) is 4.21 Å². The molecular formula is C16H27N3O3S3. The first-order valence-corrected chi connectivity index (χ1v) is 12.1. The predicted octanol–water partition coefficient (Wildman–Crippen LogP) is 1.68. The van der Waals surface area contributed by atoms with E-state index in [2.05, 4.69) is 22.1 Å². The highest BCUT2D eigenvalue weighted by Gasteiger charge is 2.23. The van der Waals surface area contributed by atoms with Crippen molar-refractivity contribution in [2.75, 3.05) is 37.7 Å². The Morgan fingerprint density at radius 1 is 1.52 bits per heavy atom. The Morgan fingerprint density at radius 2 is 2.32 bits per heavy atom. The van der Waals surface area contributed by atoms with Crippen LogP contribution in [0.15, 0.2) is 26.7 Å². The minimum atomic E-state index is -3.45. The molecule has 6 nitrogen and oxygen atoms in total. The van der Waals surface area contributed by atoms with Crippen molar-refractivity contribution in [2.45, 2.75) is 35.8 Å². The molecule has 1 aliphatic heterocycles. The molecule has 1 aromatic rings. The molecule has 1 saturated heterocycles. The second-order valence-corrected chi connectivity index (χ2v) is 10.5. The monoisotopic (exact) mass is 405 g/mol. The van der Waals surface area contributed by atoms with Crippen LogP contribution in [0.4, 0.5) is 0 Å². The van der Waals surface area contributed by atoms with Gasteiger partial charge in [-0.25, -0.2) is 8.42 Å². The van der Waals surface area contributed by atoms with Gasteiger partial charge in [-0.1, -0.05) is 13.0 Å². The third kappa shape index (κ3) is 6.16. The number of nitrogens with zero attached hydrogens (tertiary/aromatic N) is 2. The van der Waals surface area contributed by atoms with Gasteiger partial charge in [0, 0.05) is 30.6 Å². The van der Waals surface area contributed by atoms with Crippen LogP contribution in [-0.2, 0) is 9.84 Å². The molecule has 0 aliphatic carbocycles. The highest BCUT2D eigenvalue weighted by atomic mass is 32.2. The van der Waals surface area contributed by atoms with Crippen molar-refractivity contribution in [1.82, 2.24) is 10.2 Å². The molecule has 1 aromatic heterocycles. The Morgan fingerprint density at radius 3 is 2.96 bits per heavy atom. The molecule has 0 radical (unpaired) electrons. The Hall–Kier alpha value is -0.770. The van der Waals surface area contributed by atoms with E-state index < -0.39 is 15.9 Å². The number of hydrogen-bond acceptors (Lipinski definition) is 6. The molecule has 142 valence electrons. The molecule has 9 heteroatoms. The third-order valence-electron chi connectivity index (χ3n) is 3.89. The Balaban J connectivity index is 1.98. The average Bonchev–Trinajstić information content (AvgIpc) is 3.14. The van der Waals surface area contributed by atoms with E-state index in [4.69, 9.17) is 0 Å². The van der Waals surface area contributed by atoms with Crippen LogP contribution in [0, 0.1) is 0 Å². The fraction of sp³-hybridized carbons (Fsp3) is 0.688. The summed E-state index contributed by atoms with van der Waals surface area (Å²) in [7, 11) is -3.45. The smallest absolute Gasteiger partial charge is 0.194 e. The topological polar surface area (TPSA) is 82.0 Å². The number of sulfone groups is 1. The first-order valence-electron chi connectivity index (χ1n) is 8.55. The summed E-state index contributed by atoms with van der Waals surface area (Å²) < 4.78 is 24.8. The molecule has 2 rings (SSSR count). The lowest BCUT2D eigenvalue weighted by molar-refractivity contribution is 0.205. The number of thiophene rings is 1. The van der Waals surface area contributed by atoms with Crippen molar-refractivity contribution >= 4 is 38.9 Å². The zero-order valence-electron chi connectivity index (χ0n) is 14.7. The van der Waals surface area contributed by atoms with Crippen LogP contribution in [0.25, 0.3) is 0 Å². The SMILES string of the molecule is CCNC(=NCC(O)CS(=O)(=O)c1cccs1)N1CCSC(CC)C1. The van der Waals surface area contributed by atoms with E-state index in [1.165, 1.54) is 11.3 Å². The number of nitrogens with one attached hydrogen (secondary N) is 1. The number of thioether (sulfide) groups is 1. The van der Waals surface area contributed by atoms with E-state index in [1.807, 2.05) is 18.7 Å². The average molecular weight is 406 g/mol. The van der Waals surface area contributed by atoms with Crippen LogP contribution >= 0.6 is 23.1 Å². The number of aliphatic hydroxyl groups is 1. The number of aliphatic imine (C=N–C) groups is 1. The lowest BCUT2D eigenvalue weighted by Gasteiger charge is -2.34. The Labute approximate surface area is 158 Å². The minimum absolute atomic E-state index is 0.0768. The van der Waals surface area contributed by atoms with Gasteiger partial charge in [-0.05, 0) is 24.8 Å². The summed E-state index contributed by atoms with van der Waals surface area (Å²) in [5.74, 6) is 1.51. The number of guanidine groups is 1. The number of aliphatic hydroxyl groups excluding tert-OH is 1. The Kier molecular flexibility index (Phi) is 8.05. The fourth-order valence-corrected chi connectivity index (χ4v) is 6.25. The van der Waals surface area contributed by atoms with Crippen LogP contribution in [0.3, 0.4) is 0 Å². The molecule has 2 atom stereocenters. The van der Waals surface area contributed by atoms with Crippen LogP contribution in [-0.4, -0.2) is 73.4 Å². The van der Waals surface area contributed by atoms with Crippen molar-refractivity contribution in [3.8, 4) is 0 Å². The maximum atomic E-state index is 12.2. The summed E-state index contributed by atoms with van der Waals surface area (Å²) >= 11 is 3.15. The summed E-state index contributed by atoms with van der Waals surface area (Å²) in [6.07, 6.45) is 0.101. The van der Waals surface area contributed by atoms with Gasteiger partial charge in [-0.2, -0.15) is 11.8 Å². The molecule has 25 heavy (non-hydrogen) atoms. The van der Waals surface area contributed by atoms with Crippen molar-refractivity contribution < 1.29 is 13.5 Å². The maximum Gasteiger partial charge on any atom is 0.194 e. The van der Waals surface area contributed by atoms with E-state index in [0.717, 1.165) is 37.8 Å². The molecule has 1 aliphatic rings. The van der Waals surface area contributed by atoms with Gasteiger partial charge in [0.25, 0.3) is 0 Å². The van der Waals surface area contributed by atoms with Crippen LogP contribution in [0.2, 0.25) is 0 Å². The summed E-state index contributed by atoms with van der Waals surface area (Å²) in [5, 5.41) is 15.7. The van der Waals surface area contributed by atoms with E-state index in [0.29, 0.717) is 9.46 Å². The van der Waals surface area contributed by atoms with Gasteiger partial charge in [-0.3, -0.25) is 4.99 Å². The van der Waals surface area contributed by atoms with Crippen molar-refractivity contribution in [1.29, 1.82) is 0 Å². The second kappa shape index (κ2) is 9.80. The normalized spacial score (nSPS) is 20.5. The molecule has 0 spiro atoms. The molecule has 0 aromatic carbocycles. The minimum Gasteiger partial charge on any atom is -0.390 e. The van der Waals surface area contributed by atoms with Gasteiger partial charge in [0.05, 0.1) is 18.4 Å². The quantitative estimate of drug-likeness (QED) is 0.531. The molecule has 1 fully saturated rings. The zero-order valence-corrected chi connectivity index (χ0v) is 17.2. The molecular weight excluding hydrogens is 378 g/mol. The second-order valence-electron chi connectivity index (χ2n) is 5.91. The molecule has 2 unspecified atom stereocenters. The van der Waals surface area contributed by atoms with Crippen molar-refractivity contribution in [3.63, 3.8) is 0 Å². The van der Waals surface area contributed by atoms with Gasteiger partial charge >= 0.3 is 0 Å². The van der Waals surface area contributed by atoms with E-state index >= 15 is 0 Å². The molecule has 0 saturated carbocycles. The van der Waals surface area contributed by atoms with Crippen LogP contribution in [0.1, 0.15) is 20.3 Å². The first-order chi connectivity index (χ1) is 12.0. The summed E-state index contributed by atoms with van der Waals surface area (Å²) in [4.78, 5) is 6.69. The van der Waals surface area contributed by atoms with E-state index in [9.17, 15) is 13.5 Å². The fourth-order valence-electron chi connectivity index (χ4n) is 2.60. The summed E-state index contributed by atoms with van der Waals surface area (Å²) in [6, 6.07) is 3.26. The predicted molar refractivity (Wildman–Crippen MR) is 106 cm³/mol. The number of hydrogen-bond donors (Lipinski definition) is 2. The summed E-state index contributed by atoms with van der Waals surface area (Å²) in [6.45, 7) is 6.84. The molecule has 2 heterocycles. The number of rotatable bonds is 7. The first kappa shape index (κ1) is 20.5. The lowest BCUT2D eigenvalue weighted by atomic mass is 10.3. The van der Waals surface area contributed by atoms with Gasteiger partial charge in [-0.15, -0.1) is 11.3 Å². The molecule has 0 amide bonds. The van der Waals surface area contributed by atoms with Crippen molar-refractivity contribution in [2.24, 2.45) is 4.99 Å². The van der Waals surface area contributed by atoms with E-state index in [-0.39, 0.29) is 12.3 Å².